The minimum absolute atomic E-state index is 0.167. The van der Waals surface area contributed by atoms with E-state index in [0.717, 1.165) is 6.42 Å². The van der Waals surface area contributed by atoms with E-state index in [4.69, 9.17) is 5.73 Å². The van der Waals surface area contributed by atoms with Gasteiger partial charge in [0.15, 0.2) is 0 Å². The Morgan fingerprint density at radius 3 is 2.47 bits per heavy atom. The van der Waals surface area contributed by atoms with Gasteiger partial charge in [-0.2, -0.15) is 0 Å². The molecule has 1 saturated carbocycles. The predicted molar refractivity (Wildman–Crippen MR) is 67.3 cm³/mol. The van der Waals surface area contributed by atoms with Crippen molar-refractivity contribution in [1.29, 1.82) is 0 Å². The van der Waals surface area contributed by atoms with Gasteiger partial charge in [0, 0.05) is 27.8 Å². The number of nitrogens with two attached hydrogens (primary N) is 1. The molecule has 0 heterocycles. The van der Waals surface area contributed by atoms with Gasteiger partial charge in [-0.25, -0.2) is 0 Å². The predicted octanol–water partition coefficient (Wildman–Crippen LogP) is 2.44. The van der Waals surface area contributed by atoms with Crippen molar-refractivity contribution < 1.29 is 4.21 Å². The Morgan fingerprint density at radius 2 is 1.93 bits per heavy atom. The van der Waals surface area contributed by atoms with E-state index < -0.39 is 10.8 Å². The van der Waals surface area contributed by atoms with Gasteiger partial charge in [0.1, 0.15) is 0 Å². The lowest BCUT2D eigenvalue weighted by molar-refractivity contribution is 0.318. The smallest absolute Gasteiger partial charge is 0.0392 e. The maximum atomic E-state index is 11.9. The van der Waals surface area contributed by atoms with Gasteiger partial charge in [0.25, 0.3) is 0 Å². The molecular weight excluding hydrogens is 206 g/mol. The largest absolute Gasteiger partial charge is 0.327 e. The fraction of sp³-hybridized carbons (Fsp3) is 1.00. The molecule has 0 aromatic heterocycles. The fourth-order valence-electron chi connectivity index (χ4n) is 2.24. The fourth-order valence-corrected chi connectivity index (χ4v) is 3.59. The molecule has 0 radical (unpaired) electrons. The third-order valence-corrected chi connectivity index (χ3v) is 5.58. The molecule has 15 heavy (non-hydrogen) atoms. The normalized spacial score (nSPS) is 24.7. The van der Waals surface area contributed by atoms with Crippen molar-refractivity contribution in [3.63, 3.8) is 0 Å². The van der Waals surface area contributed by atoms with Crippen LogP contribution in [0.15, 0.2) is 0 Å². The second-order valence-corrected chi connectivity index (χ2v) is 6.73. The summed E-state index contributed by atoms with van der Waals surface area (Å²) in [6.45, 7) is 4.15. The molecule has 3 atom stereocenters. The summed E-state index contributed by atoms with van der Waals surface area (Å²) in [7, 11) is -0.722. The molecule has 0 amide bonds. The molecule has 1 aliphatic carbocycles. The monoisotopic (exact) mass is 231 g/mol. The second-order valence-electron chi connectivity index (χ2n) is 4.83. The number of rotatable bonds is 5. The first kappa shape index (κ1) is 13.2. The van der Waals surface area contributed by atoms with Gasteiger partial charge in [-0.3, -0.25) is 4.21 Å². The summed E-state index contributed by atoms with van der Waals surface area (Å²) in [5, 5.41) is 0.305. The molecule has 1 rings (SSSR count). The SMILES string of the molecule is CCC(C)S(=O)CC(N)C1CCCCC1. The highest BCUT2D eigenvalue weighted by atomic mass is 32.2. The molecule has 0 aliphatic heterocycles. The molecular formula is C12H25NOS. The number of hydrogen-bond donors (Lipinski definition) is 1. The van der Waals surface area contributed by atoms with Gasteiger partial charge < -0.3 is 5.73 Å². The average molecular weight is 231 g/mol. The Labute approximate surface area is 96.5 Å². The van der Waals surface area contributed by atoms with Gasteiger partial charge in [-0.15, -0.1) is 0 Å². The second kappa shape index (κ2) is 6.64. The zero-order valence-corrected chi connectivity index (χ0v) is 10.9. The highest BCUT2D eigenvalue weighted by molar-refractivity contribution is 7.85. The van der Waals surface area contributed by atoms with Crippen LogP contribution in [0.1, 0.15) is 52.4 Å². The van der Waals surface area contributed by atoms with E-state index in [-0.39, 0.29) is 6.04 Å². The molecule has 2 nitrogen and oxygen atoms in total. The Bertz CT molecular complexity index is 202. The van der Waals surface area contributed by atoms with Crippen LogP contribution in [0.2, 0.25) is 0 Å². The van der Waals surface area contributed by atoms with Crippen molar-refractivity contribution in [2.24, 2.45) is 11.7 Å². The highest BCUT2D eigenvalue weighted by Gasteiger charge is 2.23. The van der Waals surface area contributed by atoms with E-state index in [9.17, 15) is 4.21 Å². The molecule has 2 N–H and O–H groups in total. The summed E-state index contributed by atoms with van der Waals surface area (Å²) in [6.07, 6.45) is 7.47. The molecule has 0 spiro atoms. The molecule has 1 aliphatic rings. The first-order valence-corrected chi connectivity index (χ1v) is 7.66. The van der Waals surface area contributed by atoms with Gasteiger partial charge >= 0.3 is 0 Å². The third-order valence-electron chi connectivity index (χ3n) is 3.64. The first-order valence-electron chi connectivity index (χ1n) is 6.28. The standard InChI is InChI=1S/C12H25NOS/c1-3-10(2)15(14)9-12(13)11-7-5-4-6-8-11/h10-12H,3-9,13H2,1-2H3. The Morgan fingerprint density at radius 1 is 1.33 bits per heavy atom. The third kappa shape index (κ3) is 4.23. The van der Waals surface area contributed by atoms with Crippen LogP contribution < -0.4 is 5.73 Å². The molecule has 1 fully saturated rings. The molecule has 0 bridgehead atoms. The van der Waals surface area contributed by atoms with Crippen LogP contribution in [-0.2, 0) is 10.8 Å². The molecule has 3 heteroatoms. The van der Waals surface area contributed by atoms with Crippen LogP contribution in [0.5, 0.6) is 0 Å². The minimum atomic E-state index is -0.722. The van der Waals surface area contributed by atoms with E-state index in [1.807, 2.05) is 0 Å². The van der Waals surface area contributed by atoms with Gasteiger partial charge in [-0.1, -0.05) is 33.1 Å². The Kier molecular flexibility index (Phi) is 5.83. The van der Waals surface area contributed by atoms with E-state index in [2.05, 4.69) is 13.8 Å². The van der Waals surface area contributed by atoms with E-state index in [0.29, 0.717) is 16.9 Å². The summed E-state index contributed by atoms with van der Waals surface area (Å²) >= 11 is 0. The summed E-state index contributed by atoms with van der Waals surface area (Å²) in [5.74, 6) is 1.34. The Hall–Kier alpha value is 0.110. The summed E-state index contributed by atoms with van der Waals surface area (Å²) in [4.78, 5) is 0. The molecule has 90 valence electrons. The molecule has 0 aromatic carbocycles. The van der Waals surface area contributed by atoms with Gasteiger partial charge in [0.05, 0.1) is 0 Å². The van der Waals surface area contributed by atoms with Gasteiger partial charge in [-0.05, 0) is 25.2 Å². The molecule has 3 unspecified atom stereocenters. The number of hydrogen-bond acceptors (Lipinski definition) is 2. The first-order chi connectivity index (χ1) is 7.15. The molecule has 0 saturated heterocycles. The summed E-state index contributed by atoms with van der Waals surface area (Å²) in [6, 6.07) is 0.167. The van der Waals surface area contributed by atoms with Crippen LogP contribution in [0, 0.1) is 5.92 Å². The van der Waals surface area contributed by atoms with Crippen molar-refractivity contribution in [3.8, 4) is 0 Å². The van der Waals surface area contributed by atoms with Crippen LogP contribution in [-0.4, -0.2) is 21.3 Å². The van der Waals surface area contributed by atoms with E-state index in [1.54, 1.807) is 0 Å². The summed E-state index contributed by atoms with van der Waals surface area (Å²) in [5.41, 5.74) is 6.15. The summed E-state index contributed by atoms with van der Waals surface area (Å²) < 4.78 is 11.9. The lowest BCUT2D eigenvalue weighted by atomic mass is 9.85. The minimum Gasteiger partial charge on any atom is -0.327 e. The van der Waals surface area contributed by atoms with Crippen molar-refractivity contribution in [2.75, 3.05) is 5.75 Å². The van der Waals surface area contributed by atoms with E-state index in [1.165, 1.54) is 32.1 Å². The van der Waals surface area contributed by atoms with Crippen LogP contribution in [0.4, 0.5) is 0 Å². The topological polar surface area (TPSA) is 43.1 Å². The quantitative estimate of drug-likeness (QED) is 0.790. The van der Waals surface area contributed by atoms with Gasteiger partial charge in [0.2, 0.25) is 0 Å². The van der Waals surface area contributed by atoms with E-state index >= 15 is 0 Å². The van der Waals surface area contributed by atoms with Crippen molar-refractivity contribution in [1.82, 2.24) is 0 Å². The maximum absolute atomic E-state index is 11.9. The zero-order valence-electron chi connectivity index (χ0n) is 10.1. The lowest BCUT2D eigenvalue weighted by Gasteiger charge is -2.27. The maximum Gasteiger partial charge on any atom is 0.0392 e. The average Bonchev–Trinajstić information content (AvgIpc) is 2.29. The van der Waals surface area contributed by atoms with Crippen molar-refractivity contribution >= 4 is 10.8 Å². The van der Waals surface area contributed by atoms with Crippen LogP contribution in [0.25, 0.3) is 0 Å². The van der Waals surface area contributed by atoms with Crippen LogP contribution >= 0.6 is 0 Å². The van der Waals surface area contributed by atoms with Crippen molar-refractivity contribution in [3.05, 3.63) is 0 Å². The van der Waals surface area contributed by atoms with Crippen molar-refractivity contribution in [2.45, 2.75) is 63.7 Å². The molecule has 0 aromatic rings. The zero-order chi connectivity index (χ0) is 11.3. The van der Waals surface area contributed by atoms with Crippen LogP contribution in [0.3, 0.4) is 0 Å². The highest BCUT2D eigenvalue weighted by Crippen LogP contribution is 2.26. The Balaban J connectivity index is 2.33. The lowest BCUT2D eigenvalue weighted by Crippen LogP contribution is -2.38.